The molecule has 5 heteroatoms. The van der Waals surface area contributed by atoms with Gasteiger partial charge in [0, 0.05) is 12.3 Å². The molecule has 0 atom stereocenters. The quantitative estimate of drug-likeness (QED) is 0.749. The lowest BCUT2D eigenvalue weighted by atomic mass is 10.3. The van der Waals surface area contributed by atoms with Crippen molar-refractivity contribution < 1.29 is 19.4 Å². The third-order valence-corrected chi connectivity index (χ3v) is 2.03. The fraction of sp³-hybridized carbons (Fsp3) is 0.455. The molecule has 0 bridgehead atoms. The number of aromatic nitrogens is 1. The molecule has 0 unspecified atom stereocenters. The standard InChI is InChI=1S/C11H15NO4/c1-3-4-7-16-8-5-6-12-9(11(13)14)10(8)15-2/h5-6H,3-4,7H2,1-2H3,(H,13,14). The predicted octanol–water partition coefficient (Wildman–Crippen LogP) is 1.97. The average Bonchev–Trinajstić information content (AvgIpc) is 2.29. The highest BCUT2D eigenvalue weighted by atomic mass is 16.5. The highest BCUT2D eigenvalue weighted by Gasteiger charge is 2.17. The number of carboxylic acids is 1. The van der Waals surface area contributed by atoms with Crippen LogP contribution in [0.15, 0.2) is 12.3 Å². The molecule has 1 N–H and O–H groups in total. The van der Waals surface area contributed by atoms with Gasteiger partial charge in [-0.1, -0.05) is 13.3 Å². The first-order chi connectivity index (χ1) is 7.70. The van der Waals surface area contributed by atoms with Gasteiger partial charge in [-0.05, 0) is 6.42 Å². The van der Waals surface area contributed by atoms with E-state index in [-0.39, 0.29) is 11.4 Å². The SMILES string of the molecule is CCCCOc1ccnc(C(=O)O)c1OC. The number of ether oxygens (including phenoxy) is 2. The smallest absolute Gasteiger partial charge is 0.358 e. The monoisotopic (exact) mass is 225 g/mol. The van der Waals surface area contributed by atoms with Crippen molar-refractivity contribution in [3.8, 4) is 11.5 Å². The van der Waals surface area contributed by atoms with E-state index in [1.54, 1.807) is 6.07 Å². The van der Waals surface area contributed by atoms with Gasteiger partial charge in [0.05, 0.1) is 13.7 Å². The molecule has 0 aliphatic carbocycles. The number of rotatable bonds is 6. The van der Waals surface area contributed by atoms with Gasteiger partial charge >= 0.3 is 5.97 Å². The van der Waals surface area contributed by atoms with Crippen molar-refractivity contribution in [2.24, 2.45) is 0 Å². The first-order valence-electron chi connectivity index (χ1n) is 5.09. The Morgan fingerprint density at radius 1 is 1.56 bits per heavy atom. The third-order valence-electron chi connectivity index (χ3n) is 2.03. The minimum atomic E-state index is -1.13. The Morgan fingerprint density at radius 2 is 2.31 bits per heavy atom. The van der Waals surface area contributed by atoms with Gasteiger partial charge in [-0.2, -0.15) is 0 Å². The van der Waals surface area contributed by atoms with Crippen molar-refractivity contribution in [2.75, 3.05) is 13.7 Å². The van der Waals surface area contributed by atoms with Gasteiger partial charge in [0.1, 0.15) is 0 Å². The number of unbranched alkanes of at least 4 members (excludes halogenated alkanes) is 1. The van der Waals surface area contributed by atoms with E-state index in [0.29, 0.717) is 12.4 Å². The van der Waals surface area contributed by atoms with Crippen LogP contribution in [0, 0.1) is 0 Å². The molecule has 0 aliphatic heterocycles. The summed E-state index contributed by atoms with van der Waals surface area (Å²) in [7, 11) is 1.40. The normalized spacial score (nSPS) is 9.88. The Morgan fingerprint density at radius 3 is 2.88 bits per heavy atom. The van der Waals surface area contributed by atoms with E-state index in [1.807, 2.05) is 0 Å². The molecule has 0 fully saturated rings. The van der Waals surface area contributed by atoms with Crippen LogP contribution in [0.3, 0.4) is 0 Å². The number of methoxy groups -OCH3 is 1. The Kier molecular flexibility index (Phi) is 4.57. The summed E-state index contributed by atoms with van der Waals surface area (Å²) < 4.78 is 10.4. The summed E-state index contributed by atoms with van der Waals surface area (Å²) in [5, 5.41) is 8.89. The number of aromatic carboxylic acids is 1. The van der Waals surface area contributed by atoms with E-state index in [0.717, 1.165) is 12.8 Å². The van der Waals surface area contributed by atoms with Crippen molar-refractivity contribution >= 4 is 5.97 Å². The van der Waals surface area contributed by atoms with Gasteiger partial charge in [0.15, 0.2) is 17.2 Å². The van der Waals surface area contributed by atoms with Crippen LogP contribution in [0.1, 0.15) is 30.3 Å². The van der Waals surface area contributed by atoms with Crippen LogP contribution >= 0.6 is 0 Å². The Hall–Kier alpha value is -1.78. The zero-order valence-corrected chi connectivity index (χ0v) is 9.40. The minimum Gasteiger partial charge on any atom is -0.491 e. The summed E-state index contributed by atoms with van der Waals surface area (Å²) in [6, 6.07) is 1.60. The number of hydrogen-bond acceptors (Lipinski definition) is 4. The molecule has 0 saturated heterocycles. The maximum Gasteiger partial charge on any atom is 0.358 e. The van der Waals surface area contributed by atoms with Crippen LogP contribution in [0.5, 0.6) is 11.5 Å². The van der Waals surface area contributed by atoms with E-state index in [2.05, 4.69) is 11.9 Å². The second-order valence-corrected chi connectivity index (χ2v) is 3.20. The molecule has 1 rings (SSSR count). The number of nitrogens with zero attached hydrogens (tertiary/aromatic N) is 1. The third kappa shape index (κ3) is 2.85. The molecular weight excluding hydrogens is 210 g/mol. The second-order valence-electron chi connectivity index (χ2n) is 3.20. The molecule has 5 nitrogen and oxygen atoms in total. The molecule has 1 heterocycles. The first kappa shape index (κ1) is 12.3. The van der Waals surface area contributed by atoms with Gasteiger partial charge < -0.3 is 14.6 Å². The molecular formula is C11H15NO4. The molecule has 16 heavy (non-hydrogen) atoms. The summed E-state index contributed by atoms with van der Waals surface area (Å²) >= 11 is 0. The zero-order chi connectivity index (χ0) is 12.0. The predicted molar refractivity (Wildman–Crippen MR) is 58.2 cm³/mol. The average molecular weight is 225 g/mol. The summed E-state index contributed by atoms with van der Waals surface area (Å²) in [6.45, 7) is 2.59. The van der Waals surface area contributed by atoms with E-state index in [1.165, 1.54) is 13.3 Å². The van der Waals surface area contributed by atoms with E-state index in [9.17, 15) is 4.79 Å². The van der Waals surface area contributed by atoms with E-state index in [4.69, 9.17) is 14.6 Å². The lowest BCUT2D eigenvalue weighted by molar-refractivity contribution is 0.0685. The molecule has 1 aromatic rings. The number of carbonyl (C=O) groups is 1. The largest absolute Gasteiger partial charge is 0.491 e. The summed E-state index contributed by atoms with van der Waals surface area (Å²) in [4.78, 5) is 14.6. The Labute approximate surface area is 94.0 Å². The van der Waals surface area contributed by atoms with E-state index < -0.39 is 5.97 Å². The van der Waals surface area contributed by atoms with Crippen LogP contribution in [-0.4, -0.2) is 29.8 Å². The second kappa shape index (κ2) is 5.95. The first-order valence-corrected chi connectivity index (χ1v) is 5.09. The van der Waals surface area contributed by atoms with Crippen molar-refractivity contribution in [2.45, 2.75) is 19.8 Å². The maximum absolute atomic E-state index is 10.9. The molecule has 0 amide bonds. The fourth-order valence-corrected chi connectivity index (χ4v) is 1.22. The van der Waals surface area contributed by atoms with E-state index >= 15 is 0 Å². The molecule has 0 aliphatic rings. The highest BCUT2D eigenvalue weighted by Crippen LogP contribution is 2.29. The minimum absolute atomic E-state index is 0.128. The number of carboxylic acid groups (broad SMARTS) is 1. The number of hydrogen-bond donors (Lipinski definition) is 1. The van der Waals surface area contributed by atoms with Crippen molar-refractivity contribution in [3.63, 3.8) is 0 Å². The Bertz CT molecular complexity index is 365. The van der Waals surface area contributed by atoms with Gasteiger partial charge in [-0.15, -0.1) is 0 Å². The van der Waals surface area contributed by atoms with Gasteiger partial charge in [-0.3, -0.25) is 0 Å². The highest BCUT2D eigenvalue weighted by molar-refractivity contribution is 5.89. The summed E-state index contributed by atoms with van der Waals surface area (Å²) in [5.74, 6) is -0.535. The fourth-order valence-electron chi connectivity index (χ4n) is 1.22. The lowest BCUT2D eigenvalue weighted by Crippen LogP contribution is -2.06. The van der Waals surface area contributed by atoms with Gasteiger partial charge in [0.25, 0.3) is 0 Å². The Balaban J connectivity index is 2.90. The molecule has 0 saturated carbocycles. The molecule has 0 radical (unpaired) electrons. The van der Waals surface area contributed by atoms with Crippen LogP contribution in [0.4, 0.5) is 0 Å². The molecule has 1 aromatic heterocycles. The molecule has 0 aromatic carbocycles. The van der Waals surface area contributed by atoms with Gasteiger partial charge in [0.2, 0.25) is 0 Å². The topological polar surface area (TPSA) is 68.7 Å². The molecule has 0 spiro atoms. The molecule has 88 valence electrons. The maximum atomic E-state index is 10.9. The van der Waals surface area contributed by atoms with Crippen LogP contribution in [0.2, 0.25) is 0 Å². The van der Waals surface area contributed by atoms with Crippen LogP contribution < -0.4 is 9.47 Å². The van der Waals surface area contributed by atoms with Crippen LogP contribution in [0.25, 0.3) is 0 Å². The van der Waals surface area contributed by atoms with Crippen molar-refractivity contribution in [3.05, 3.63) is 18.0 Å². The van der Waals surface area contributed by atoms with Crippen molar-refractivity contribution in [1.29, 1.82) is 0 Å². The van der Waals surface area contributed by atoms with Crippen molar-refractivity contribution in [1.82, 2.24) is 4.98 Å². The summed E-state index contributed by atoms with van der Waals surface area (Å²) in [5.41, 5.74) is -0.128. The summed E-state index contributed by atoms with van der Waals surface area (Å²) in [6.07, 6.45) is 3.32. The van der Waals surface area contributed by atoms with Crippen LogP contribution in [-0.2, 0) is 0 Å². The lowest BCUT2D eigenvalue weighted by Gasteiger charge is -2.11. The number of pyridine rings is 1. The van der Waals surface area contributed by atoms with Gasteiger partial charge in [-0.25, -0.2) is 9.78 Å². The zero-order valence-electron chi connectivity index (χ0n) is 9.40.